The van der Waals surface area contributed by atoms with Crippen LogP contribution >= 0.6 is 12.6 Å². The Morgan fingerprint density at radius 3 is 2.36 bits per heavy atom. The van der Waals surface area contributed by atoms with Gasteiger partial charge >= 0.3 is 0 Å². The second-order valence-corrected chi connectivity index (χ2v) is 8.99. The van der Waals surface area contributed by atoms with E-state index in [2.05, 4.69) is 37.5 Å². The molecule has 22 heavy (non-hydrogen) atoms. The molecule has 0 bridgehead atoms. The largest absolute Gasteiger partial charge is 0.377 e. The molecular formula is C18H36N2OS. The molecule has 0 radical (unpaired) electrons. The number of piperazine rings is 1. The summed E-state index contributed by atoms with van der Waals surface area (Å²) in [5, 5.41) is 0.341. The van der Waals surface area contributed by atoms with E-state index in [4.69, 9.17) is 17.4 Å². The molecule has 0 aromatic heterocycles. The quantitative estimate of drug-likeness (QED) is 0.754. The van der Waals surface area contributed by atoms with E-state index in [0.29, 0.717) is 16.8 Å². The third-order valence-electron chi connectivity index (χ3n) is 5.25. The third-order valence-corrected chi connectivity index (χ3v) is 5.56. The van der Waals surface area contributed by atoms with Gasteiger partial charge in [0.15, 0.2) is 0 Å². The molecule has 1 saturated carbocycles. The summed E-state index contributed by atoms with van der Waals surface area (Å²) >= 11 is 4.77. The number of rotatable bonds is 6. The van der Waals surface area contributed by atoms with Gasteiger partial charge in [-0.2, -0.15) is 12.6 Å². The van der Waals surface area contributed by atoms with Gasteiger partial charge in [-0.1, -0.05) is 27.7 Å². The van der Waals surface area contributed by atoms with Gasteiger partial charge in [0.25, 0.3) is 0 Å². The molecule has 0 aromatic carbocycles. The Morgan fingerprint density at radius 2 is 1.77 bits per heavy atom. The molecule has 3 nitrogen and oxygen atoms in total. The lowest BCUT2D eigenvalue weighted by Crippen LogP contribution is -2.48. The highest BCUT2D eigenvalue weighted by Crippen LogP contribution is 2.39. The lowest BCUT2D eigenvalue weighted by molar-refractivity contribution is -0.0243. The maximum Gasteiger partial charge on any atom is 0.0598 e. The van der Waals surface area contributed by atoms with Crippen LogP contribution in [-0.4, -0.2) is 67.0 Å². The summed E-state index contributed by atoms with van der Waals surface area (Å²) in [4.78, 5) is 5.06. The van der Waals surface area contributed by atoms with Crippen LogP contribution in [0.15, 0.2) is 0 Å². The SMILES string of the molecule is CCN1CCN(CC(S)COC2CC(C)CC(C)(C)C2)CC1. The van der Waals surface area contributed by atoms with Crippen molar-refractivity contribution >= 4 is 12.6 Å². The minimum atomic E-state index is 0.341. The number of likely N-dealkylation sites (N-methyl/N-ethyl adjacent to an activating group) is 1. The van der Waals surface area contributed by atoms with Crippen LogP contribution < -0.4 is 0 Å². The first-order chi connectivity index (χ1) is 10.4. The van der Waals surface area contributed by atoms with Crippen LogP contribution in [0.2, 0.25) is 0 Å². The van der Waals surface area contributed by atoms with Crippen molar-refractivity contribution < 1.29 is 4.74 Å². The lowest BCUT2D eigenvalue weighted by atomic mass is 9.71. The highest BCUT2D eigenvalue weighted by Gasteiger charge is 2.32. The molecule has 1 aliphatic carbocycles. The molecule has 0 amide bonds. The average molecular weight is 329 g/mol. The molecule has 0 spiro atoms. The molecular weight excluding hydrogens is 292 g/mol. The number of thiol groups is 1. The third kappa shape index (κ3) is 6.03. The standard InChI is InChI=1S/C18H36N2OS/c1-5-19-6-8-20(9-7-19)13-17(22)14-21-16-10-15(2)11-18(3,4)12-16/h15-17,22H,5-14H2,1-4H3. The molecule has 0 aromatic rings. The van der Waals surface area contributed by atoms with E-state index in [1.54, 1.807) is 0 Å². The highest BCUT2D eigenvalue weighted by molar-refractivity contribution is 7.81. The maximum atomic E-state index is 6.22. The van der Waals surface area contributed by atoms with E-state index in [1.807, 2.05) is 0 Å². The van der Waals surface area contributed by atoms with E-state index in [0.717, 1.165) is 19.1 Å². The van der Waals surface area contributed by atoms with Gasteiger partial charge in [0.05, 0.1) is 12.7 Å². The van der Waals surface area contributed by atoms with Crippen molar-refractivity contribution in [3.05, 3.63) is 0 Å². The molecule has 1 heterocycles. The van der Waals surface area contributed by atoms with Gasteiger partial charge < -0.3 is 9.64 Å². The summed E-state index contributed by atoms with van der Waals surface area (Å²) in [5.74, 6) is 0.786. The lowest BCUT2D eigenvalue weighted by Gasteiger charge is -2.39. The second-order valence-electron chi connectivity index (χ2n) is 8.26. The molecule has 1 saturated heterocycles. The summed E-state index contributed by atoms with van der Waals surface area (Å²) in [5.41, 5.74) is 0.435. The second kappa shape index (κ2) is 8.36. The van der Waals surface area contributed by atoms with Crippen molar-refractivity contribution in [3.8, 4) is 0 Å². The number of hydrogen-bond acceptors (Lipinski definition) is 4. The fourth-order valence-electron chi connectivity index (χ4n) is 4.27. The summed E-state index contributed by atoms with van der Waals surface area (Å²) in [6.45, 7) is 17.2. The van der Waals surface area contributed by atoms with Gasteiger partial charge in [-0.05, 0) is 37.1 Å². The van der Waals surface area contributed by atoms with Crippen molar-refractivity contribution in [1.29, 1.82) is 0 Å². The summed E-state index contributed by atoms with van der Waals surface area (Å²) < 4.78 is 6.22. The van der Waals surface area contributed by atoms with Crippen LogP contribution in [0.5, 0.6) is 0 Å². The van der Waals surface area contributed by atoms with Gasteiger partial charge in [0, 0.05) is 38.0 Å². The minimum Gasteiger partial charge on any atom is -0.377 e. The van der Waals surface area contributed by atoms with Crippen LogP contribution in [0, 0.1) is 11.3 Å². The average Bonchev–Trinajstić information content (AvgIpc) is 2.44. The van der Waals surface area contributed by atoms with Crippen LogP contribution in [0.1, 0.15) is 47.0 Å². The number of hydrogen-bond donors (Lipinski definition) is 1. The monoisotopic (exact) mass is 328 g/mol. The van der Waals surface area contributed by atoms with Crippen LogP contribution in [-0.2, 0) is 4.74 Å². The van der Waals surface area contributed by atoms with E-state index in [9.17, 15) is 0 Å². The first kappa shape index (κ1) is 18.6. The highest BCUT2D eigenvalue weighted by atomic mass is 32.1. The molecule has 2 rings (SSSR count). The fourth-order valence-corrected chi connectivity index (χ4v) is 4.59. The summed E-state index contributed by atoms with van der Waals surface area (Å²) in [6, 6.07) is 0. The molecule has 3 atom stereocenters. The van der Waals surface area contributed by atoms with Gasteiger partial charge in [-0.15, -0.1) is 0 Å². The van der Waals surface area contributed by atoms with Gasteiger partial charge in [0.1, 0.15) is 0 Å². The maximum absolute atomic E-state index is 6.22. The van der Waals surface area contributed by atoms with E-state index in [1.165, 1.54) is 52.0 Å². The molecule has 2 fully saturated rings. The first-order valence-corrected chi connectivity index (χ1v) is 9.64. The number of nitrogens with zero attached hydrogens (tertiary/aromatic N) is 2. The van der Waals surface area contributed by atoms with Crippen LogP contribution in [0.25, 0.3) is 0 Å². The zero-order valence-electron chi connectivity index (χ0n) is 15.1. The van der Waals surface area contributed by atoms with E-state index in [-0.39, 0.29) is 0 Å². The topological polar surface area (TPSA) is 15.7 Å². The Kier molecular flexibility index (Phi) is 7.06. The zero-order valence-corrected chi connectivity index (χ0v) is 15.9. The molecule has 1 aliphatic heterocycles. The summed E-state index contributed by atoms with van der Waals surface area (Å²) in [7, 11) is 0. The first-order valence-electron chi connectivity index (χ1n) is 9.12. The van der Waals surface area contributed by atoms with E-state index >= 15 is 0 Å². The Bertz CT molecular complexity index is 329. The van der Waals surface area contributed by atoms with Crippen molar-refractivity contribution in [2.45, 2.75) is 58.3 Å². The molecule has 0 N–H and O–H groups in total. The zero-order chi connectivity index (χ0) is 16.2. The molecule has 2 aliphatic rings. The predicted octanol–water partition coefficient (Wildman–Crippen LogP) is 3.15. The van der Waals surface area contributed by atoms with Crippen molar-refractivity contribution in [2.24, 2.45) is 11.3 Å². The minimum absolute atomic E-state index is 0.341. The molecule has 130 valence electrons. The Balaban J connectivity index is 1.66. The molecule has 4 heteroatoms. The number of ether oxygens (including phenoxy) is 1. The van der Waals surface area contributed by atoms with Crippen LogP contribution in [0.3, 0.4) is 0 Å². The van der Waals surface area contributed by atoms with Crippen LogP contribution in [0.4, 0.5) is 0 Å². The summed E-state index contributed by atoms with van der Waals surface area (Å²) in [6.07, 6.45) is 4.19. The Morgan fingerprint density at radius 1 is 1.14 bits per heavy atom. The smallest absolute Gasteiger partial charge is 0.0598 e. The van der Waals surface area contributed by atoms with Crippen molar-refractivity contribution in [3.63, 3.8) is 0 Å². The van der Waals surface area contributed by atoms with E-state index < -0.39 is 0 Å². The van der Waals surface area contributed by atoms with Crippen molar-refractivity contribution in [2.75, 3.05) is 45.9 Å². The predicted molar refractivity (Wildman–Crippen MR) is 97.9 cm³/mol. The molecule has 3 unspecified atom stereocenters. The van der Waals surface area contributed by atoms with Gasteiger partial charge in [-0.3, -0.25) is 4.90 Å². The normalized spacial score (nSPS) is 32.0. The Labute approximate surface area is 143 Å². The van der Waals surface area contributed by atoms with Crippen molar-refractivity contribution in [1.82, 2.24) is 9.80 Å². The Hall–Kier alpha value is 0.230. The van der Waals surface area contributed by atoms with Gasteiger partial charge in [-0.25, -0.2) is 0 Å². The fraction of sp³-hybridized carbons (Fsp3) is 1.00. The van der Waals surface area contributed by atoms with Gasteiger partial charge in [0.2, 0.25) is 0 Å².